The van der Waals surface area contributed by atoms with E-state index in [1.807, 2.05) is 12.1 Å². The molecule has 0 heterocycles. The number of carbonyl (C=O) groups excluding carboxylic acids is 1. The Morgan fingerprint density at radius 2 is 2.12 bits per heavy atom. The van der Waals surface area contributed by atoms with E-state index in [1.165, 1.54) is 20.0 Å². The maximum absolute atomic E-state index is 11.3. The molecular formula is C14H17NO2. The molecule has 1 unspecified atom stereocenters. The zero-order valence-corrected chi connectivity index (χ0v) is 9.98. The monoisotopic (exact) mass is 231 g/mol. The van der Waals surface area contributed by atoms with Gasteiger partial charge in [-0.1, -0.05) is 12.2 Å². The third-order valence-electron chi connectivity index (χ3n) is 2.91. The molecule has 17 heavy (non-hydrogen) atoms. The normalized spacial score (nSPS) is 18.8. The van der Waals surface area contributed by atoms with Crippen molar-refractivity contribution >= 4 is 11.7 Å². The van der Waals surface area contributed by atoms with Crippen LogP contribution in [0.3, 0.4) is 0 Å². The number of ether oxygens (including phenoxy) is 1. The van der Waals surface area contributed by atoms with Crippen molar-refractivity contribution in [3.63, 3.8) is 0 Å². The van der Waals surface area contributed by atoms with Crippen molar-refractivity contribution in [2.24, 2.45) is 0 Å². The van der Waals surface area contributed by atoms with E-state index in [9.17, 15) is 4.79 Å². The van der Waals surface area contributed by atoms with Gasteiger partial charge in [-0.25, -0.2) is 4.79 Å². The first-order chi connectivity index (χ1) is 8.29. The van der Waals surface area contributed by atoms with Crippen LogP contribution in [-0.2, 0) is 4.74 Å². The lowest BCUT2D eigenvalue weighted by molar-refractivity contribution is 0.0601. The van der Waals surface area contributed by atoms with Gasteiger partial charge in [0.05, 0.1) is 12.7 Å². The maximum Gasteiger partial charge on any atom is 0.337 e. The van der Waals surface area contributed by atoms with Crippen molar-refractivity contribution in [1.82, 2.24) is 0 Å². The first-order valence-electron chi connectivity index (χ1n) is 5.91. The zero-order valence-electron chi connectivity index (χ0n) is 9.98. The van der Waals surface area contributed by atoms with E-state index in [1.54, 1.807) is 12.1 Å². The van der Waals surface area contributed by atoms with E-state index < -0.39 is 0 Å². The van der Waals surface area contributed by atoms with Crippen LogP contribution in [0.25, 0.3) is 0 Å². The molecular weight excluding hydrogens is 214 g/mol. The Hall–Kier alpha value is -1.77. The van der Waals surface area contributed by atoms with Crippen LogP contribution in [0.1, 0.15) is 29.6 Å². The summed E-state index contributed by atoms with van der Waals surface area (Å²) in [6, 6.07) is 7.79. The zero-order chi connectivity index (χ0) is 12.1. The van der Waals surface area contributed by atoms with Gasteiger partial charge in [0.2, 0.25) is 0 Å². The van der Waals surface area contributed by atoms with Crippen molar-refractivity contribution in [1.29, 1.82) is 0 Å². The molecule has 2 rings (SSSR count). The highest BCUT2D eigenvalue weighted by Gasteiger charge is 2.08. The lowest BCUT2D eigenvalue weighted by Gasteiger charge is -2.19. The van der Waals surface area contributed by atoms with Gasteiger partial charge in [0.15, 0.2) is 0 Å². The molecule has 1 aromatic carbocycles. The van der Waals surface area contributed by atoms with Gasteiger partial charge < -0.3 is 10.1 Å². The van der Waals surface area contributed by atoms with Crippen LogP contribution in [0.15, 0.2) is 36.4 Å². The smallest absolute Gasteiger partial charge is 0.337 e. The minimum atomic E-state index is -0.297. The topological polar surface area (TPSA) is 38.3 Å². The summed E-state index contributed by atoms with van der Waals surface area (Å²) < 4.78 is 4.66. The lowest BCUT2D eigenvalue weighted by atomic mass is 10.0. The van der Waals surface area contributed by atoms with Crippen LogP contribution in [0.5, 0.6) is 0 Å². The molecule has 0 spiro atoms. The predicted molar refractivity (Wildman–Crippen MR) is 68.2 cm³/mol. The van der Waals surface area contributed by atoms with Crippen molar-refractivity contribution in [3.8, 4) is 0 Å². The number of allylic oxidation sites excluding steroid dienone is 1. The number of hydrogen-bond acceptors (Lipinski definition) is 3. The van der Waals surface area contributed by atoms with E-state index in [4.69, 9.17) is 0 Å². The average Bonchev–Trinajstić information content (AvgIpc) is 2.40. The Labute approximate surface area is 101 Å². The number of nitrogens with one attached hydrogen (secondary N) is 1. The fourth-order valence-corrected chi connectivity index (χ4v) is 1.97. The highest BCUT2D eigenvalue weighted by atomic mass is 16.5. The minimum Gasteiger partial charge on any atom is -0.465 e. The molecule has 0 amide bonds. The highest BCUT2D eigenvalue weighted by molar-refractivity contribution is 5.89. The number of benzene rings is 1. The van der Waals surface area contributed by atoms with Crippen LogP contribution in [0, 0.1) is 0 Å². The second-order valence-electron chi connectivity index (χ2n) is 4.18. The first-order valence-corrected chi connectivity index (χ1v) is 5.91. The fourth-order valence-electron chi connectivity index (χ4n) is 1.97. The summed E-state index contributed by atoms with van der Waals surface area (Å²) in [4.78, 5) is 11.3. The average molecular weight is 231 g/mol. The molecule has 1 aliphatic rings. The summed E-state index contributed by atoms with van der Waals surface area (Å²) in [6.07, 6.45) is 7.99. The molecule has 0 saturated heterocycles. The Morgan fingerprint density at radius 3 is 2.71 bits per heavy atom. The number of methoxy groups -OCH3 is 1. The first kappa shape index (κ1) is 11.7. The number of esters is 1. The molecule has 0 aliphatic heterocycles. The third kappa shape index (κ3) is 3.09. The second kappa shape index (κ2) is 5.53. The molecule has 3 nitrogen and oxygen atoms in total. The van der Waals surface area contributed by atoms with Gasteiger partial charge in [-0.3, -0.25) is 0 Å². The highest BCUT2D eigenvalue weighted by Crippen LogP contribution is 2.17. The molecule has 0 aromatic heterocycles. The Balaban J connectivity index is 2.00. The summed E-state index contributed by atoms with van der Waals surface area (Å²) in [6.45, 7) is 0. The number of hydrogen-bond donors (Lipinski definition) is 1. The van der Waals surface area contributed by atoms with Crippen molar-refractivity contribution in [2.45, 2.75) is 25.3 Å². The predicted octanol–water partition coefficient (Wildman–Crippen LogP) is 2.99. The van der Waals surface area contributed by atoms with Crippen LogP contribution < -0.4 is 5.32 Å². The number of rotatable bonds is 3. The summed E-state index contributed by atoms with van der Waals surface area (Å²) >= 11 is 0. The molecule has 3 heteroatoms. The lowest BCUT2D eigenvalue weighted by Crippen LogP contribution is -2.18. The van der Waals surface area contributed by atoms with E-state index in [0.717, 1.165) is 12.1 Å². The van der Waals surface area contributed by atoms with E-state index >= 15 is 0 Å². The molecule has 90 valence electrons. The Bertz CT molecular complexity index is 409. The molecule has 0 fully saturated rings. The molecule has 0 bridgehead atoms. The summed E-state index contributed by atoms with van der Waals surface area (Å²) in [5.41, 5.74) is 1.62. The van der Waals surface area contributed by atoms with E-state index in [2.05, 4.69) is 22.2 Å². The van der Waals surface area contributed by atoms with Gasteiger partial charge in [-0.2, -0.15) is 0 Å². The van der Waals surface area contributed by atoms with Crippen molar-refractivity contribution in [2.75, 3.05) is 12.4 Å². The summed E-state index contributed by atoms with van der Waals surface area (Å²) in [7, 11) is 1.39. The maximum atomic E-state index is 11.3. The SMILES string of the molecule is COC(=O)c1ccc(NC2C=CCCC2)cc1. The largest absolute Gasteiger partial charge is 0.465 e. The third-order valence-corrected chi connectivity index (χ3v) is 2.91. The molecule has 1 aromatic rings. The molecule has 1 aliphatic carbocycles. The minimum absolute atomic E-state index is 0.297. The van der Waals surface area contributed by atoms with Gasteiger partial charge in [0, 0.05) is 11.7 Å². The molecule has 1 atom stereocenters. The standard InChI is InChI=1S/C14H17NO2/c1-17-14(16)11-7-9-13(10-8-11)15-12-5-3-2-4-6-12/h3,5,7-10,12,15H,2,4,6H2,1H3. The Kier molecular flexibility index (Phi) is 3.81. The summed E-state index contributed by atoms with van der Waals surface area (Å²) in [5, 5.41) is 3.43. The van der Waals surface area contributed by atoms with Gasteiger partial charge in [0.25, 0.3) is 0 Å². The van der Waals surface area contributed by atoms with E-state index in [-0.39, 0.29) is 5.97 Å². The van der Waals surface area contributed by atoms with Crippen LogP contribution in [0.2, 0.25) is 0 Å². The quantitative estimate of drug-likeness (QED) is 0.642. The van der Waals surface area contributed by atoms with Gasteiger partial charge >= 0.3 is 5.97 Å². The van der Waals surface area contributed by atoms with Crippen molar-refractivity contribution in [3.05, 3.63) is 42.0 Å². The molecule has 0 saturated carbocycles. The molecule has 1 N–H and O–H groups in total. The van der Waals surface area contributed by atoms with Crippen LogP contribution >= 0.6 is 0 Å². The van der Waals surface area contributed by atoms with Crippen LogP contribution in [0.4, 0.5) is 5.69 Å². The number of anilines is 1. The van der Waals surface area contributed by atoms with Gasteiger partial charge in [-0.15, -0.1) is 0 Å². The van der Waals surface area contributed by atoms with Gasteiger partial charge in [-0.05, 0) is 43.5 Å². The summed E-state index contributed by atoms with van der Waals surface area (Å²) in [5.74, 6) is -0.297. The van der Waals surface area contributed by atoms with Gasteiger partial charge in [0.1, 0.15) is 0 Å². The van der Waals surface area contributed by atoms with Crippen LogP contribution in [-0.4, -0.2) is 19.1 Å². The fraction of sp³-hybridized carbons (Fsp3) is 0.357. The molecule has 0 radical (unpaired) electrons. The second-order valence-corrected chi connectivity index (χ2v) is 4.18. The van der Waals surface area contributed by atoms with Crippen molar-refractivity contribution < 1.29 is 9.53 Å². The Morgan fingerprint density at radius 1 is 1.35 bits per heavy atom. The van der Waals surface area contributed by atoms with E-state index in [0.29, 0.717) is 11.6 Å². The number of carbonyl (C=O) groups is 1.